The lowest BCUT2D eigenvalue weighted by molar-refractivity contribution is -0.119. The normalized spacial score (nSPS) is 32.1. The Kier molecular flexibility index (Phi) is 4.50. The Morgan fingerprint density at radius 1 is 1.32 bits per heavy atom. The molecule has 4 atom stereocenters. The molecule has 3 N–H and O–H groups in total. The zero-order valence-electron chi connectivity index (χ0n) is 14.9. The summed E-state index contributed by atoms with van der Waals surface area (Å²) in [6, 6.07) is 2.93. The zero-order valence-corrected chi connectivity index (χ0v) is 14.9. The molecule has 2 bridgehead atoms. The summed E-state index contributed by atoms with van der Waals surface area (Å²) in [5.74, 6) is 2.74. The highest BCUT2D eigenvalue weighted by Gasteiger charge is 2.47. The van der Waals surface area contributed by atoms with Crippen molar-refractivity contribution in [2.45, 2.75) is 44.7 Å². The van der Waals surface area contributed by atoms with E-state index < -0.39 is 0 Å². The van der Waals surface area contributed by atoms with Gasteiger partial charge in [0, 0.05) is 44.7 Å². The van der Waals surface area contributed by atoms with Gasteiger partial charge in [-0.1, -0.05) is 6.42 Å². The fourth-order valence-electron chi connectivity index (χ4n) is 5.16. The SMILES string of the molecule is CC(=O)NC[C@H]1[C@H]2C[C@H](CN(c3cc(N)ncn3)C2)[C@@H]2CCCCN21. The molecule has 4 heterocycles. The van der Waals surface area contributed by atoms with Crippen molar-refractivity contribution in [1.82, 2.24) is 20.2 Å². The van der Waals surface area contributed by atoms with Crippen molar-refractivity contribution in [3.8, 4) is 0 Å². The average molecular weight is 344 g/mol. The maximum atomic E-state index is 11.5. The van der Waals surface area contributed by atoms with Crippen LogP contribution >= 0.6 is 0 Å². The van der Waals surface area contributed by atoms with Crippen molar-refractivity contribution < 1.29 is 4.79 Å². The van der Waals surface area contributed by atoms with Crippen LogP contribution in [0.25, 0.3) is 0 Å². The number of amides is 1. The molecule has 1 aromatic rings. The van der Waals surface area contributed by atoms with E-state index in [1.165, 1.54) is 32.2 Å². The standard InChI is InChI=1S/C18H28N6O/c1-12(25)20-8-16-14-6-13(15-4-2-3-5-24(15)16)9-23(10-14)18-7-17(19)21-11-22-18/h7,11,13-16H,2-6,8-10H2,1H3,(H,20,25)(H2,19,21,22)/t13-,14+,15+,16+/m1/s1. The summed E-state index contributed by atoms with van der Waals surface area (Å²) in [6.45, 7) is 5.54. The number of nitrogen functional groups attached to an aromatic ring is 1. The number of hydrogen-bond donors (Lipinski definition) is 2. The lowest BCUT2D eigenvalue weighted by atomic mass is 9.72. The first-order chi connectivity index (χ1) is 12.1. The number of hydrogen-bond acceptors (Lipinski definition) is 6. The van der Waals surface area contributed by atoms with Crippen LogP contribution in [0.1, 0.15) is 32.6 Å². The van der Waals surface area contributed by atoms with Crippen LogP contribution in [0.15, 0.2) is 12.4 Å². The quantitative estimate of drug-likeness (QED) is 0.846. The molecule has 3 aliphatic heterocycles. The molecule has 1 aromatic heterocycles. The van der Waals surface area contributed by atoms with Crippen LogP contribution in [-0.2, 0) is 4.79 Å². The summed E-state index contributed by atoms with van der Waals surface area (Å²) in [5.41, 5.74) is 5.86. The third-order valence-electron chi connectivity index (χ3n) is 6.18. The molecule has 25 heavy (non-hydrogen) atoms. The smallest absolute Gasteiger partial charge is 0.216 e. The monoisotopic (exact) mass is 344 g/mol. The van der Waals surface area contributed by atoms with E-state index in [-0.39, 0.29) is 5.91 Å². The number of nitrogens with zero attached hydrogens (tertiary/aromatic N) is 4. The fourth-order valence-corrected chi connectivity index (χ4v) is 5.16. The van der Waals surface area contributed by atoms with E-state index >= 15 is 0 Å². The van der Waals surface area contributed by atoms with E-state index in [0.29, 0.717) is 29.7 Å². The van der Waals surface area contributed by atoms with Crippen molar-refractivity contribution >= 4 is 17.5 Å². The van der Waals surface area contributed by atoms with Crippen LogP contribution < -0.4 is 16.0 Å². The molecule has 3 fully saturated rings. The van der Waals surface area contributed by atoms with E-state index in [2.05, 4.69) is 25.1 Å². The summed E-state index contributed by atoms with van der Waals surface area (Å²) in [6.07, 6.45) is 6.67. The van der Waals surface area contributed by atoms with Crippen LogP contribution in [0, 0.1) is 11.8 Å². The highest BCUT2D eigenvalue weighted by Crippen LogP contribution is 2.41. The predicted octanol–water partition coefficient (Wildman–Crippen LogP) is 0.874. The topological polar surface area (TPSA) is 87.4 Å². The van der Waals surface area contributed by atoms with Gasteiger partial charge in [-0.3, -0.25) is 9.69 Å². The first kappa shape index (κ1) is 16.6. The largest absolute Gasteiger partial charge is 0.384 e. The number of anilines is 2. The van der Waals surface area contributed by atoms with E-state index in [0.717, 1.165) is 25.5 Å². The van der Waals surface area contributed by atoms with Gasteiger partial charge in [0.1, 0.15) is 18.0 Å². The molecule has 1 amide bonds. The number of aromatic nitrogens is 2. The van der Waals surface area contributed by atoms with Crippen molar-refractivity contribution in [3.05, 3.63) is 12.4 Å². The second-order valence-electron chi connectivity index (χ2n) is 7.77. The third-order valence-corrected chi connectivity index (χ3v) is 6.18. The van der Waals surface area contributed by atoms with Crippen molar-refractivity contribution in [2.24, 2.45) is 11.8 Å². The Balaban J connectivity index is 1.58. The summed E-state index contributed by atoms with van der Waals surface area (Å²) >= 11 is 0. The highest BCUT2D eigenvalue weighted by molar-refractivity contribution is 5.72. The van der Waals surface area contributed by atoms with Crippen molar-refractivity contribution in [1.29, 1.82) is 0 Å². The molecule has 0 aliphatic carbocycles. The van der Waals surface area contributed by atoms with Gasteiger partial charge in [-0.05, 0) is 37.6 Å². The van der Waals surface area contributed by atoms with Gasteiger partial charge in [-0.2, -0.15) is 0 Å². The molecule has 3 aliphatic rings. The van der Waals surface area contributed by atoms with Crippen LogP contribution in [0.2, 0.25) is 0 Å². The fraction of sp³-hybridized carbons (Fsp3) is 0.722. The van der Waals surface area contributed by atoms with Crippen LogP contribution in [0.4, 0.5) is 11.6 Å². The second-order valence-corrected chi connectivity index (χ2v) is 7.77. The Labute approximate surface area is 149 Å². The molecule has 136 valence electrons. The Morgan fingerprint density at radius 2 is 2.16 bits per heavy atom. The van der Waals surface area contributed by atoms with Crippen LogP contribution in [-0.4, -0.2) is 59.0 Å². The first-order valence-corrected chi connectivity index (χ1v) is 9.44. The van der Waals surface area contributed by atoms with Crippen molar-refractivity contribution in [3.63, 3.8) is 0 Å². The highest BCUT2D eigenvalue weighted by atomic mass is 16.1. The molecule has 0 saturated carbocycles. The second kappa shape index (κ2) is 6.78. The molecule has 7 heteroatoms. The summed E-state index contributed by atoms with van der Waals surface area (Å²) < 4.78 is 0. The molecule has 7 nitrogen and oxygen atoms in total. The maximum Gasteiger partial charge on any atom is 0.216 e. The summed E-state index contributed by atoms with van der Waals surface area (Å²) in [5, 5.41) is 3.07. The summed E-state index contributed by atoms with van der Waals surface area (Å²) in [7, 11) is 0. The van der Waals surface area contributed by atoms with Gasteiger partial charge in [-0.15, -0.1) is 0 Å². The van der Waals surface area contributed by atoms with E-state index in [1.54, 1.807) is 13.3 Å². The minimum Gasteiger partial charge on any atom is -0.384 e. The zero-order chi connectivity index (χ0) is 17.4. The first-order valence-electron chi connectivity index (χ1n) is 9.44. The van der Waals surface area contributed by atoms with Gasteiger partial charge in [-0.25, -0.2) is 9.97 Å². The van der Waals surface area contributed by atoms with E-state index in [1.807, 2.05) is 6.07 Å². The van der Waals surface area contributed by atoms with Gasteiger partial charge in [0.25, 0.3) is 0 Å². The number of nitrogens with one attached hydrogen (secondary N) is 1. The van der Waals surface area contributed by atoms with E-state index in [4.69, 9.17) is 5.73 Å². The molecular formula is C18H28N6O. The number of carbonyl (C=O) groups excluding carboxylic acids is 1. The molecule has 0 unspecified atom stereocenters. The van der Waals surface area contributed by atoms with Gasteiger partial charge in [0.15, 0.2) is 0 Å². The van der Waals surface area contributed by atoms with Gasteiger partial charge in [0.05, 0.1) is 0 Å². The number of carbonyl (C=O) groups is 1. The van der Waals surface area contributed by atoms with Crippen LogP contribution in [0.5, 0.6) is 0 Å². The van der Waals surface area contributed by atoms with Crippen molar-refractivity contribution in [2.75, 3.05) is 36.8 Å². The van der Waals surface area contributed by atoms with Gasteiger partial charge >= 0.3 is 0 Å². The lowest BCUT2D eigenvalue weighted by Gasteiger charge is -2.57. The number of fused-ring (bicyclic) bond motifs is 4. The van der Waals surface area contributed by atoms with Crippen LogP contribution in [0.3, 0.4) is 0 Å². The molecule has 0 spiro atoms. The predicted molar refractivity (Wildman–Crippen MR) is 97.1 cm³/mol. The third kappa shape index (κ3) is 3.29. The van der Waals surface area contributed by atoms with E-state index in [9.17, 15) is 4.79 Å². The Morgan fingerprint density at radius 3 is 2.96 bits per heavy atom. The minimum atomic E-state index is 0.0620. The minimum absolute atomic E-state index is 0.0620. The Bertz CT molecular complexity index is 638. The molecule has 4 rings (SSSR count). The number of nitrogens with two attached hydrogens (primary N) is 1. The lowest BCUT2D eigenvalue weighted by Crippen LogP contribution is -2.65. The molecule has 3 saturated heterocycles. The number of rotatable bonds is 3. The van der Waals surface area contributed by atoms with Gasteiger partial charge in [0.2, 0.25) is 5.91 Å². The average Bonchev–Trinajstić information content (AvgIpc) is 2.61. The number of piperidine rings is 3. The maximum absolute atomic E-state index is 11.5. The molecule has 0 aromatic carbocycles. The molecular weight excluding hydrogens is 316 g/mol. The summed E-state index contributed by atoms with van der Waals surface area (Å²) in [4.78, 5) is 25.0. The van der Waals surface area contributed by atoms with Gasteiger partial charge < -0.3 is 16.0 Å². The Hall–Kier alpha value is -1.89. The molecule has 0 radical (unpaired) electrons.